The van der Waals surface area contributed by atoms with Crippen LogP contribution in [-0.4, -0.2) is 10.5 Å². The summed E-state index contributed by atoms with van der Waals surface area (Å²) >= 11 is 3.41. The van der Waals surface area contributed by atoms with Crippen LogP contribution in [0.5, 0.6) is 0 Å². The topological polar surface area (TPSA) is 58.9 Å². The maximum absolute atomic E-state index is 12.6. The Morgan fingerprint density at radius 3 is 2.63 bits per heavy atom. The summed E-state index contributed by atoms with van der Waals surface area (Å²) in [5.74, 6) is 1.07. The molecule has 0 spiro atoms. The van der Waals surface area contributed by atoms with Crippen LogP contribution in [0.4, 0.5) is 0 Å². The molecule has 27 heavy (non-hydrogen) atoms. The van der Waals surface area contributed by atoms with Crippen LogP contribution in [-0.2, 0) is 0 Å². The van der Waals surface area contributed by atoms with Gasteiger partial charge in [-0.1, -0.05) is 46.3 Å². The highest BCUT2D eigenvalue weighted by Crippen LogP contribution is 2.25. The number of aromatic nitrogens is 1. The average molecular weight is 417 g/mol. The molecule has 0 unspecified atom stereocenters. The lowest BCUT2D eigenvalue weighted by Crippen LogP contribution is -2.04. The number of halogens is 1. The standard InChI is InChI=1S/C22H13BrN2O2/c23-17-7-5-15(6-8-17)21-11-9-18(27-21)10-12-22(26)25-14-16(13-24)19-3-1-2-4-20(19)25/h1-12,14H/b12-10+. The fourth-order valence-corrected chi connectivity index (χ4v) is 3.16. The van der Waals surface area contributed by atoms with Gasteiger partial charge >= 0.3 is 0 Å². The SMILES string of the molecule is N#Cc1cn(C(=O)/C=C/c2ccc(-c3ccc(Br)cc3)o2)c2ccccc12. The quantitative estimate of drug-likeness (QED) is 0.391. The van der Waals surface area contributed by atoms with Crippen LogP contribution < -0.4 is 0 Å². The van der Waals surface area contributed by atoms with E-state index in [2.05, 4.69) is 22.0 Å². The van der Waals surface area contributed by atoms with Gasteiger partial charge in [0.25, 0.3) is 5.91 Å². The summed E-state index contributed by atoms with van der Waals surface area (Å²) < 4.78 is 8.27. The minimum Gasteiger partial charge on any atom is -0.457 e. The Balaban J connectivity index is 1.60. The number of rotatable bonds is 3. The summed E-state index contributed by atoms with van der Waals surface area (Å²) in [6, 6.07) is 20.9. The van der Waals surface area contributed by atoms with Crippen molar-refractivity contribution in [3.8, 4) is 17.4 Å². The number of carbonyl (C=O) groups is 1. The van der Waals surface area contributed by atoms with Crippen molar-refractivity contribution in [3.63, 3.8) is 0 Å². The molecule has 130 valence electrons. The molecule has 0 aliphatic rings. The monoisotopic (exact) mass is 416 g/mol. The van der Waals surface area contributed by atoms with Crippen molar-refractivity contribution in [2.75, 3.05) is 0 Å². The predicted molar refractivity (Wildman–Crippen MR) is 108 cm³/mol. The van der Waals surface area contributed by atoms with Gasteiger partial charge in [0, 0.05) is 27.7 Å². The molecule has 0 bridgehead atoms. The highest BCUT2D eigenvalue weighted by Gasteiger charge is 2.11. The summed E-state index contributed by atoms with van der Waals surface area (Å²) in [6.45, 7) is 0. The Morgan fingerprint density at radius 1 is 1.07 bits per heavy atom. The van der Waals surface area contributed by atoms with Crippen molar-refractivity contribution in [1.29, 1.82) is 5.26 Å². The first-order valence-corrected chi connectivity index (χ1v) is 9.03. The smallest absolute Gasteiger partial charge is 0.255 e. The maximum Gasteiger partial charge on any atom is 0.255 e. The van der Waals surface area contributed by atoms with E-state index in [0.717, 1.165) is 21.2 Å². The average Bonchev–Trinajstić information content (AvgIpc) is 3.31. The summed E-state index contributed by atoms with van der Waals surface area (Å²) in [6.07, 6.45) is 4.63. The number of fused-ring (bicyclic) bond motifs is 1. The van der Waals surface area contributed by atoms with Crippen LogP contribution in [0.25, 0.3) is 28.3 Å². The van der Waals surface area contributed by atoms with Crippen molar-refractivity contribution in [2.45, 2.75) is 0 Å². The number of benzene rings is 2. The molecule has 0 aliphatic heterocycles. The second kappa shape index (κ2) is 7.10. The molecule has 2 aromatic heterocycles. The van der Waals surface area contributed by atoms with Gasteiger partial charge in [0.15, 0.2) is 0 Å². The minimum atomic E-state index is -0.241. The lowest BCUT2D eigenvalue weighted by Gasteiger charge is -1.99. The zero-order chi connectivity index (χ0) is 18.8. The number of para-hydroxylation sites is 1. The summed E-state index contributed by atoms with van der Waals surface area (Å²) in [4.78, 5) is 12.6. The van der Waals surface area contributed by atoms with Crippen LogP contribution in [0, 0.1) is 11.3 Å². The summed E-state index contributed by atoms with van der Waals surface area (Å²) in [5.41, 5.74) is 2.14. The predicted octanol–water partition coefficient (Wildman–Crippen LogP) is 5.89. The second-order valence-electron chi connectivity index (χ2n) is 5.92. The number of allylic oxidation sites excluding steroid dienone is 1. The van der Waals surface area contributed by atoms with Gasteiger partial charge in [-0.3, -0.25) is 9.36 Å². The van der Waals surface area contributed by atoms with Crippen LogP contribution >= 0.6 is 15.9 Å². The molecule has 4 rings (SSSR count). The van der Waals surface area contributed by atoms with Crippen molar-refractivity contribution in [2.24, 2.45) is 0 Å². The first-order chi connectivity index (χ1) is 13.2. The third-order valence-corrected chi connectivity index (χ3v) is 4.74. The van der Waals surface area contributed by atoms with Crippen LogP contribution in [0.2, 0.25) is 0 Å². The number of nitriles is 1. The van der Waals surface area contributed by atoms with Crippen molar-refractivity contribution >= 4 is 38.8 Å². The Labute approximate surface area is 164 Å². The molecule has 0 aliphatic carbocycles. The van der Waals surface area contributed by atoms with Gasteiger partial charge in [-0.05, 0) is 36.4 Å². The highest BCUT2D eigenvalue weighted by molar-refractivity contribution is 9.10. The molecule has 0 fully saturated rings. The van der Waals surface area contributed by atoms with E-state index < -0.39 is 0 Å². The van der Waals surface area contributed by atoms with E-state index in [9.17, 15) is 10.1 Å². The van der Waals surface area contributed by atoms with Gasteiger partial charge in [0.2, 0.25) is 0 Å². The Hall–Kier alpha value is -3.36. The van der Waals surface area contributed by atoms with Gasteiger partial charge < -0.3 is 4.42 Å². The van der Waals surface area contributed by atoms with E-state index in [4.69, 9.17) is 4.42 Å². The number of carbonyl (C=O) groups excluding carboxylic acids is 1. The molecule has 0 atom stereocenters. The zero-order valence-electron chi connectivity index (χ0n) is 14.1. The zero-order valence-corrected chi connectivity index (χ0v) is 15.7. The molecular weight excluding hydrogens is 404 g/mol. The van der Waals surface area contributed by atoms with E-state index in [1.165, 1.54) is 10.6 Å². The molecule has 4 nitrogen and oxygen atoms in total. The molecule has 4 aromatic rings. The van der Waals surface area contributed by atoms with Gasteiger partial charge in [-0.2, -0.15) is 5.26 Å². The van der Waals surface area contributed by atoms with Crippen LogP contribution in [0.3, 0.4) is 0 Å². The summed E-state index contributed by atoms with van der Waals surface area (Å²) in [5, 5.41) is 10.0. The molecule has 2 heterocycles. The first-order valence-electron chi connectivity index (χ1n) is 8.24. The number of hydrogen-bond donors (Lipinski definition) is 0. The Bertz CT molecular complexity index is 1210. The van der Waals surface area contributed by atoms with Gasteiger partial charge in [-0.25, -0.2) is 0 Å². The third-order valence-electron chi connectivity index (χ3n) is 4.22. The lowest BCUT2D eigenvalue weighted by molar-refractivity contribution is 0.0974. The Kier molecular flexibility index (Phi) is 4.49. The molecule has 0 radical (unpaired) electrons. The molecule has 0 N–H and O–H groups in total. The van der Waals surface area contributed by atoms with E-state index in [-0.39, 0.29) is 5.91 Å². The number of hydrogen-bond acceptors (Lipinski definition) is 3. The van der Waals surface area contributed by atoms with Gasteiger partial charge in [0.05, 0.1) is 11.1 Å². The van der Waals surface area contributed by atoms with Crippen LogP contribution in [0.1, 0.15) is 16.1 Å². The highest BCUT2D eigenvalue weighted by atomic mass is 79.9. The molecule has 0 saturated heterocycles. The van der Waals surface area contributed by atoms with E-state index >= 15 is 0 Å². The van der Waals surface area contributed by atoms with Gasteiger partial charge in [0.1, 0.15) is 17.6 Å². The fourth-order valence-electron chi connectivity index (χ4n) is 2.90. The number of furan rings is 1. The largest absolute Gasteiger partial charge is 0.457 e. The molecule has 2 aromatic carbocycles. The van der Waals surface area contributed by atoms with Crippen molar-refractivity contribution < 1.29 is 9.21 Å². The van der Waals surface area contributed by atoms with Gasteiger partial charge in [-0.15, -0.1) is 0 Å². The number of nitrogens with zero attached hydrogens (tertiary/aromatic N) is 2. The molecule has 0 amide bonds. The molecule has 0 saturated carbocycles. The fraction of sp³-hybridized carbons (Fsp3) is 0. The van der Waals surface area contributed by atoms with Crippen molar-refractivity contribution in [3.05, 3.63) is 88.7 Å². The Morgan fingerprint density at radius 2 is 1.85 bits per heavy atom. The second-order valence-corrected chi connectivity index (χ2v) is 6.84. The van der Waals surface area contributed by atoms with E-state index in [1.54, 1.807) is 12.3 Å². The first kappa shape index (κ1) is 17.1. The third kappa shape index (κ3) is 3.35. The normalized spacial score (nSPS) is 11.1. The minimum absolute atomic E-state index is 0.241. The molecular formula is C22H13BrN2O2. The summed E-state index contributed by atoms with van der Waals surface area (Å²) in [7, 11) is 0. The van der Waals surface area contributed by atoms with Crippen molar-refractivity contribution in [1.82, 2.24) is 4.57 Å². The van der Waals surface area contributed by atoms with E-state index in [0.29, 0.717) is 16.8 Å². The van der Waals surface area contributed by atoms with E-state index in [1.807, 2.05) is 60.7 Å². The maximum atomic E-state index is 12.6. The molecule has 5 heteroatoms. The van der Waals surface area contributed by atoms with Crippen LogP contribution in [0.15, 0.2) is 81.8 Å². The lowest BCUT2D eigenvalue weighted by atomic mass is 10.2.